The van der Waals surface area contributed by atoms with Gasteiger partial charge in [0.15, 0.2) is 0 Å². The van der Waals surface area contributed by atoms with Crippen molar-refractivity contribution in [3.8, 4) is 0 Å². The van der Waals surface area contributed by atoms with E-state index in [0.29, 0.717) is 31.5 Å². The minimum atomic E-state index is -3.66. The highest BCUT2D eigenvalue weighted by Gasteiger charge is 2.32. The van der Waals surface area contributed by atoms with Crippen molar-refractivity contribution in [3.05, 3.63) is 23.0 Å². The van der Waals surface area contributed by atoms with Gasteiger partial charge >= 0.3 is 0 Å². The van der Waals surface area contributed by atoms with Crippen molar-refractivity contribution >= 4 is 15.7 Å². The van der Waals surface area contributed by atoms with E-state index in [1.807, 2.05) is 0 Å². The third-order valence-electron chi connectivity index (χ3n) is 4.04. The van der Waals surface area contributed by atoms with E-state index in [-0.39, 0.29) is 22.3 Å². The molecule has 1 aliphatic rings. The van der Waals surface area contributed by atoms with Crippen LogP contribution in [0.25, 0.3) is 0 Å². The van der Waals surface area contributed by atoms with E-state index < -0.39 is 15.8 Å². The Morgan fingerprint density at radius 3 is 2.43 bits per heavy atom. The molecular weight excluding hydrogens is 295 g/mol. The predicted molar refractivity (Wildman–Crippen MR) is 79.1 cm³/mol. The molecule has 0 aromatic heterocycles. The number of methoxy groups -OCH3 is 1. The molecule has 1 aliphatic heterocycles. The van der Waals surface area contributed by atoms with E-state index in [4.69, 9.17) is 10.5 Å². The molecule has 0 amide bonds. The van der Waals surface area contributed by atoms with E-state index in [1.54, 1.807) is 21.0 Å². The molecule has 0 spiro atoms. The Balaban J connectivity index is 2.40. The van der Waals surface area contributed by atoms with Crippen molar-refractivity contribution < 1.29 is 17.5 Å². The summed E-state index contributed by atoms with van der Waals surface area (Å²) in [6.07, 6.45) is 1.41. The zero-order valence-corrected chi connectivity index (χ0v) is 13.3. The molecule has 0 atom stereocenters. The van der Waals surface area contributed by atoms with Crippen molar-refractivity contribution in [2.75, 3.05) is 25.9 Å². The summed E-state index contributed by atoms with van der Waals surface area (Å²) in [6, 6.07) is 1.18. The van der Waals surface area contributed by atoms with Gasteiger partial charge in [-0.2, -0.15) is 4.31 Å². The summed E-state index contributed by atoms with van der Waals surface area (Å²) >= 11 is 0. The van der Waals surface area contributed by atoms with E-state index in [0.717, 1.165) is 0 Å². The van der Waals surface area contributed by atoms with Gasteiger partial charge in [0.05, 0.1) is 16.7 Å². The fraction of sp³-hybridized carbons (Fsp3) is 0.571. The van der Waals surface area contributed by atoms with Crippen LogP contribution in [0.5, 0.6) is 0 Å². The van der Waals surface area contributed by atoms with Crippen LogP contribution >= 0.6 is 0 Å². The molecule has 2 rings (SSSR count). The number of rotatable bonds is 3. The van der Waals surface area contributed by atoms with Crippen LogP contribution in [-0.2, 0) is 14.8 Å². The normalized spacial score (nSPS) is 18.1. The maximum Gasteiger partial charge on any atom is 0.243 e. The van der Waals surface area contributed by atoms with Crippen molar-refractivity contribution in [2.24, 2.45) is 0 Å². The molecule has 21 heavy (non-hydrogen) atoms. The number of ether oxygens (including phenoxy) is 1. The van der Waals surface area contributed by atoms with Gasteiger partial charge in [0.2, 0.25) is 10.0 Å². The summed E-state index contributed by atoms with van der Waals surface area (Å²) in [5, 5.41) is 0. The Bertz CT molecular complexity index is 638. The lowest BCUT2D eigenvalue weighted by Gasteiger charge is -2.31. The first-order valence-electron chi connectivity index (χ1n) is 6.87. The molecule has 0 aliphatic carbocycles. The fourth-order valence-electron chi connectivity index (χ4n) is 2.76. The Morgan fingerprint density at radius 1 is 1.33 bits per heavy atom. The van der Waals surface area contributed by atoms with Gasteiger partial charge < -0.3 is 10.5 Å². The third-order valence-corrected chi connectivity index (χ3v) is 6.22. The topological polar surface area (TPSA) is 72.6 Å². The first-order valence-corrected chi connectivity index (χ1v) is 8.31. The first-order chi connectivity index (χ1) is 9.78. The number of sulfonamides is 1. The van der Waals surface area contributed by atoms with Crippen LogP contribution in [0.4, 0.5) is 10.1 Å². The molecule has 0 bridgehead atoms. The summed E-state index contributed by atoms with van der Waals surface area (Å²) in [7, 11) is -2.03. The molecule has 1 aromatic carbocycles. The minimum absolute atomic E-state index is 0.0944. The molecule has 1 aromatic rings. The first kappa shape index (κ1) is 16.2. The highest BCUT2D eigenvalue weighted by Crippen LogP contribution is 2.31. The van der Waals surface area contributed by atoms with E-state index in [2.05, 4.69) is 0 Å². The number of nitrogen functional groups attached to an aromatic ring is 1. The average molecular weight is 316 g/mol. The Kier molecular flexibility index (Phi) is 4.55. The van der Waals surface area contributed by atoms with Crippen molar-refractivity contribution in [3.63, 3.8) is 0 Å². The van der Waals surface area contributed by atoms with Crippen LogP contribution in [0.15, 0.2) is 11.0 Å². The summed E-state index contributed by atoms with van der Waals surface area (Å²) < 4.78 is 45.9. The van der Waals surface area contributed by atoms with Crippen molar-refractivity contribution in [1.29, 1.82) is 0 Å². The van der Waals surface area contributed by atoms with Crippen molar-refractivity contribution in [2.45, 2.75) is 37.7 Å². The Labute approximate surface area is 124 Å². The fourth-order valence-corrected chi connectivity index (χ4v) is 4.68. The Morgan fingerprint density at radius 2 is 1.90 bits per heavy atom. The van der Waals surface area contributed by atoms with Crippen molar-refractivity contribution in [1.82, 2.24) is 4.31 Å². The van der Waals surface area contributed by atoms with Crippen LogP contribution in [0, 0.1) is 19.7 Å². The van der Waals surface area contributed by atoms with E-state index >= 15 is 0 Å². The Hall–Kier alpha value is -1.18. The van der Waals surface area contributed by atoms with Crippen LogP contribution < -0.4 is 5.73 Å². The molecule has 5 nitrogen and oxygen atoms in total. The number of piperidine rings is 1. The summed E-state index contributed by atoms with van der Waals surface area (Å²) in [5.74, 6) is -0.581. The van der Waals surface area contributed by atoms with Gasteiger partial charge in [0.25, 0.3) is 0 Å². The highest BCUT2D eigenvalue weighted by atomic mass is 32.2. The van der Waals surface area contributed by atoms with Crippen LogP contribution in [0.2, 0.25) is 0 Å². The maximum absolute atomic E-state index is 13.6. The third kappa shape index (κ3) is 2.90. The summed E-state index contributed by atoms with van der Waals surface area (Å²) in [4.78, 5) is 0.122. The molecule has 0 unspecified atom stereocenters. The molecule has 0 saturated carbocycles. The van der Waals surface area contributed by atoms with Gasteiger partial charge in [-0.1, -0.05) is 0 Å². The zero-order chi connectivity index (χ0) is 15.8. The van der Waals surface area contributed by atoms with Crippen LogP contribution in [-0.4, -0.2) is 39.0 Å². The van der Waals surface area contributed by atoms with Gasteiger partial charge in [-0.3, -0.25) is 0 Å². The molecule has 1 heterocycles. The quantitative estimate of drug-likeness (QED) is 0.864. The van der Waals surface area contributed by atoms with E-state index in [1.165, 1.54) is 10.4 Å². The van der Waals surface area contributed by atoms with Gasteiger partial charge in [-0.15, -0.1) is 0 Å². The minimum Gasteiger partial charge on any atom is -0.396 e. The smallest absolute Gasteiger partial charge is 0.243 e. The zero-order valence-electron chi connectivity index (χ0n) is 12.5. The SMILES string of the molecule is COC1CCN(S(=O)(=O)c2c(C)cc(F)c(N)c2C)CC1. The molecule has 1 saturated heterocycles. The average Bonchev–Trinajstić information content (AvgIpc) is 2.44. The summed E-state index contributed by atoms with van der Waals surface area (Å²) in [5.41, 5.74) is 6.20. The number of nitrogens with two attached hydrogens (primary N) is 1. The maximum atomic E-state index is 13.6. The molecule has 1 fully saturated rings. The molecule has 0 radical (unpaired) electrons. The molecule has 7 heteroatoms. The van der Waals surface area contributed by atoms with Gasteiger partial charge in [-0.05, 0) is 43.9 Å². The predicted octanol–water partition coefficient (Wildman–Crippen LogP) is 1.82. The number of halogens is 1. The second-order valence-electron chi connectivity index (χ2n) is 5.38. The van der Waals surface area contributed by atoms with Gasteiger partial charge in [0, 0.05) is 20.2 Å². The number of hydrogen-bond acceptors (Lipinski definition) is 4. The van der Waals surface area contributed by atoms with Crippen LogP contribution in [0.3, 0.4) is 0 Å². The second-order valence-corrected chi connectivity index (χ2v) is 7.26. The van der Waals surface area contributed by atoms with Gasteiger partial charge in [0.1, 0.15) is 5.82 Å². The summed E-state index contributed by atoms with van der Waals surface area (Å²) in [6.45, 7) is 3.93. The lowest BCUT2D eigenvalue weighted by atomic mass is 10.1. The highest BCUT2D eigenvalue weighted by molar-refractivity contribution is 7.89. The molecular formula is C14H21FN2O3S. The number of nitrogens with zero attached hydrogens (tertiary/aromatic N) is 1. The molecule has 2 N–H and O–H groups in total. The lowest BCUT2D eigenvalue weighted by Crippen LogP contribution is -2.41. The van der Waals surface area contributed by atoms with E-state index in [9.17, 15) is 12.8 Å². The monoisotopic (exact) mass is 316 g/mol. The number of anilines is 1. The second kappa shape index (κ2) is 5.90. The number of aryl methyl sites for hydroxylation is 1. The largest absolute Gasteiger partial charge is 0.396 e. The lowest BCUT2D eigenvalue weighted by molar-refractivity contribution is 0.0604. The number of benzene rings is 1. The standard InChI is InChI=1S/C14H21FN2O3S/c1-9-8-12(15)13(16)10(2)14(9)21(18,19)17-6-4-11(20-3)5-7-17/h8,11H,4-7,16H2,1-3H3. The number of hydrogen-bond donors (Lipinski definition) is 1. The van der Waals surface area contributed by atoms with Crippen LogP contribution in [0.1, 0.15) is 24.0 Å². The molecule has 118 valence electrons. The van der Waals surface area contributed by atoms with Gasteiger partial charge in [-0.25, -0.2) is 12.8 Å².